The Morgan fingerprint density at radius 1 is 1.29 bits per heavy atom. The molecule has 0 aliphatic heterocycles. The van der Waals surface area contributed by atoms with Gasteiger partial charge in [0, 0.05) is 11.1 Å². The molecular formula is C16H14FN3O. The fraction of sp³-hybridized carbons (Fsp3) is 0.125. The maximum atomic E-state index is 14.0. The number of imidazole rings is 1. The van der Waals surface area contributed by atoms with Crippen LogP contribution in [0.5, 0.6) is 0 Å². The molecule has 106 valence electrons. The molecule has 0 unspecified atom stereocenters. The Morgan fingerprint density at radius 2 is 2.05 bits per heavy atom. The van der Waals surface area contributed by atoms with Crippen molar-refractivity contribution in [1.82, 2.24) is 9.55 Å². The third kappa shape index (κ3) is 2.38. The van der Waals surface area contributed by atoms with Gasteiger partial charge in [0.15, 0.2) is 0 Å². The summed E-state index contributed by atoms with van der Waals surface area (Å²) in [6.07, 6.45) is 0. The molecule has 1 amide bonds. The van der Waals surface area contributed by atoms with E-state index < -0.39 is 5.91 Å². The number of halogens is 1. The molecule has 5 heteroatoms. The normalized spacial score (nSPS) is 11.0. The van der Waals surface area contributed by atoms with E-state index in [9.17, 15) is 9.18 Å². The minimum absolute atomic E-state index is 0.300. The molecule has 0 atom stereocenters. The summed E-state index contributed by atoms with van der Waals surface area (Å²) >= 11 is 0. The van der Waals surface area contributed by atoms with Crippen molar-refractivity contribution in [3.8, 4) is 0 Å². The highest BCUT2D eigenvalue weighted by atomic mass is 19.1. The van der Waals surface area contributed by atoms with Gasteiger partial charge in [-0.15, -0.1) is 0 Å². The van der Waals surface area contributed by atoms with Crippen molar-refractivity contribution in [1.29, 1.82) is 0 Å². The highest BCUT2D eigenvalue weighted by Gasteiger charge is 2.11. The molecule has 0 saturated heterocycles. The Bertz CT molecular complexity index is 839. The van der Waals surface area contributed by atoms with Crippen LogP contribution in [0.2, 0.25) is 0 Å². The van der Waals surface area contributed by atoms with E-state index in [1.54, 1.807) is 0 Å². The van der Waals surface area contributed by atoms with Crippen LogP contribution in [0.4, 0.5) is 4.39 Å². The van der Waals surface area contributed by atoms with Crippen LogP contribution in [0, 0.1) is 12.7 Å². The molecule has 3 rings (SSSR count). The first-order chi connectivity index (χ1) is 10.1. The number of benzene rings is 2. The van der Waals surface area contributed by atoms with Gasteiger partial charge in [-0.3, -0.25) is 4.79 Å². The largest absolute Gasteiger partial charge is 0.366 e. The number of carbonyl (C=O) groups excluding carboxylic acids is 1. The predicted octanol–water partition coefficient (Wildman–Crippen LogP) is 2.63. The van der Waals surface area contributed by atoms with Crippen molar-refractivity contribution in [2.24, 2.45) is 5.73 Å². The van der Waals surface area contributed by atoms with E-state index in [4.69, 9.17) is 5.73 Å². The number of carbonyl (C=O) groups is 1. The van der Waals surface area contributed by atoms with Gasteiger partial charge in [0.25, 0.3) is 0 Å². The van der Waals surface area contributed by atoms with Gasteiger partial charge in [0.05, 0.1) is 17.6 Å². The molecule has 21 heavy (non-hydrogen) atoms. The van der Waals surface area contributed by atoms with E-state index in [-0.39, 0.29) is 5.82 Å². The molecule has 4 nitrogen and oxygen atoms in total. The number of amides is 1. The first-order valence-electron chi connectivity index (χ1n) is 6.56. The Morgan fingerprint density at radius 3 is 2.81 bits per heavy atom. The van der Waals surface area contributed by atoms with E-state index in [1.165, 1.54) is 18.2 Å². The van der Waals surface area contributed by atoms with E-state index in [0.717, 1.165) is 16.9 Å². The number of fused-ring (bicyclic) bond motifs is 1. The minimum atomic E-state index is -0.566. The molecule has 1 aromatic heterocycles. The lowest BCUT2D eigenvalue weighted by atomic mass is 10.1. The monoisotopic (exact) mass is 283 g/mol. The van der Waals surface area contributed by atoms with Crippen molar-refractivity contribution in [2.75, 3.05) is 0 Å². The highest BCUT2D eigenvalue weighted by Crippen LogP contribution is 2.19. The summed E-state index contributed by atoms with van der Waals surface area (Å²) in [6, 6.07) is 11.8. The van der Waals surface area contributed by atoms with E-state index in [0.29, 0.717) is 17.7 Å². The maximum absolute atomic E-state index is 14.0. The second-order valence-electron chi connectivity index (χ2n) is 4.90. The fourth-order valence-electron chi connectivity index (χ4n) is 2.42. The number of aryl methyl sites for hydroxylation is 1. The SMILES string of the molecule is Cc1nc2ccccc2n1Cc1cc(C(N)=O)ccc1F. The molecule has 0 saturated carbocycles. The molecular weight excluding hydrogens is 269 g/mol. The van der Waals surface area contributed by atoms with Crippen molar-refractivity contribution in [3.63, 3.8) is 0 Å². The molecule has 0 spiro atoms. The van der Waals surface area contributed by atoms with Crippen LogP contribution in [0.1, 0.15) is 21.7 Å². The second-order valence-corrected chi connectivity index (χ2v) is 4.90. The standard InChI is InChI=1S/C16H14FN3O/c1-10-19-14-4-2-3-5-15(14)20(10)9-12-8-11(16(18)21)6-7-13(12)17/h2-8H,9H2,1H3,(H2,18,21). The zero-order chi connectivity index (χ0) is 15.0. The summed E-state index contributed by atoms with van der Waals surface area (Å²) in [5, 5.41) is 0. The van der Waals surface area contributed by atoms with E-state index in [2.05, 4.69) is 4.98 Å². The molecule has 2 N–H and O–H groups in total. The molecule has 3 aromatic rings. The summed E-state index contributed by atoms with van der Waals surface area (Å²) in [7, 11) is 0. The van der Waals surface area contributed by atoms with Gasteiger partial charge in [0.2, 0.25) is 5.91 Å². The van der Waals surface area contributed by atoms with E-state index >= 15 is 0 Å². The number of rotatable bonds is 3. The number of primary amides is 1. The number of hydrogen-bond acceptors (Lipinski definition) is 2. The van der Waals surface area contributed by atoms with Crippen molar-refractivity contribution >= 4 is 16.9 Å². The average molecular weight is 283 g/mol. The lowest BCUT2D eigenvalue weighted by Crippen LogP contribution is -2.12. The fourth-order valence-corrected chi connectivity index (χ4v) is 2.42. The smallest absolute Gasteiger partial charge is 0.248 e. The predicted molar refractivity (Wildman–Crippen MR) is 78.5 cm³/mol. The lowest BCUT2D eigenvalue weighted by molar-refractivity contribution is 0.1000. The summed E-state index contributed by atoms with van der Waals surface area (Å²) in [6.45, 7) is 2.18. The minimum Gasteiger partial charge on any atom is -0.366 e. The second kappa shape index (κ2) is 5.01. The summed E-state index contributed by atoms with van der Waals surface area (Å²) < 4.78 is 15.9. The summed E-state index contributed by atoms with van der Waals surface area (Å²) in [4.78, 5) is 15.7. The van der Waals surface area contributed by atoms with Gasteiger partial charge in [-0.25, -0.2) is 9.37 Å². The van der Waals surface area contributed by atoms with Crippen LogP contribution in [0.3, 0.4) is 0 Å². The van der Waals surface area contributed by atoms with Crippen LogP contribution < -0.4 is 5.73 Å². The Kier molecular flexibility index (Phi) is 3.17. The van der Waals surface area contributed by atoms with Crippen molar-refractivity contribution < 1.29 is 9.18 Å². The number of para-hydroxylation sites is 2. The summed E-state index contributed by atoms with van der Waals surface area (Å²) in [5.41, 5.74) is 7.75. The summed E-state index contributed by atoms with van der Waals surface area (Å²) in [5.74, 6) is -0.138. The van der Waals surface area contributed by atoms with Gasteiger partial charge >= 0.3 is 0 Å². The number of nitrogens with zero attached hydrogens (tertiary/aromatic N) is 2. The van der Waals surface area contributed by atoms with Crippen LogP contribution in [-0.2, 0) is 6.54 Å². The Balaban J connectivity index is 2.08. The van der Waals surface area contributed by atoms with Crippen molar-refractivity contribution in [3.05, 3.63) is 65.2 Å². The van der Waals surface area contributed by atoms with Gasteiger partial charge in [-0.2, -0.15) is 0 Å². The first-order valence-corrected chi connectivity index (χ1v) is 6.56. The van der Waals surface area contributed by atoms with Crippen molar-refractivity contribution in [2.45, 2.75) is 13.5 Å². The Hall–Kier alpha value is -2.69. The molecule has 0 radical (unpaired) electrons. The van der Waals surface area contributed by atoms with E-state index in [1.807, 2.05) is 35.8 Å². The molecule has 2 aromatic carbocycles. The van der Waals surface area contributed by atoms with Gasteiger partial charge in [-0.1, -0.05) is 12.1 Å². The number of nitrogens with two attached hydrogens (primary N) is 1. The third-order valence-electron chi connectivity index (χ3n) is 3.50. The molecule has 0 bridgehead atoms. The van der Waals surface area contributed by atoms with Crippen LogP contribution in [-0.4, -0.2) is 15.5 Å². The topological polar surface area (TPSA) is 60.9 Å². The van der Waals surface area contributed by atoms with Gasteiger partial charge < -0.3 is 10.3 Å². The molecule has 0 fully saturated rings. The zero-order valence-electron chi connectivity index (χ0n) is 11.5. The lowest BCUT2D eigenvalue weighted by Gasteiger charge is -2.09. The first kappa shape index (κ1) is 13.3. The maximum Gasteiger partial charge on any atom is 0.248 e. The number of aromatic nitrogens is 2. The van der Waals surface area contributed by atoms with Gasteiger partial charge in [-0.05, 0) is 37.3 Å². The zero-order valence-corrected chi connectivity index (χ0v) is 11.5. The third-order valence-corrected chi connectivity index (χ3v) is 3.50. The van der Waals surface area contributed by atoms with Crippen LogP contribution >= 0.6 is 0 Å². The Labute approximate surface area is 121 Å². The molecule has 0 aliphatic rings. The highest BCUT2D eigenvalue weighted by molar-refractivity contribution is 5.92. The molecule has 0 aliphatic carbocycles. The average Bonchev–Trinajstić information content (AvgIpc) is 2.77. The van der Waals surface area contributed by atoms with Crippen LogP contribution in [0.15, 0.2) is 42.5 Å². The molecule has 1 heterocycles. The van der Waals surface area contributed by atoms with Crippen LogP contribution in [0.25, 0.3) is 11.0 Å². The quantitative estimate of drug-likeness (QED) is 0.803. The number of hydrogen-bond donors (Lipinski definition) is 1. The van der Waals surface area contributed by atoms with Gasteiger partial charge in [0.1, 0.15) is 11.6 Å².